The SMILES string of the molecule is O=C(CCC1CCN(NC(=O)COc2ccc(Cl)c(F)c2)C1)COc1ccc(Cl)c(F)c1. The first-order chi connectivity index (χ1) is 15.3. The summed E-state index contributed by atoms with van der Waals surface area (Å²) in [5.74, 6) is -0.963. The van der Waals surface area contributed by atoms with Crippen molar-refractivity contribution in [1.82, 2.24) is 10.4 Å². The first-order valence-corrected chi connectivity index (χ1v) is 10.8. The van der Waals surface area contributed by atoms with E-state index < -0.39 is 11.6 Å². The van der Waals surface area contributed by atoms with Gasteiger partial charge in [-0.3, -0.25) is 15.0 Å². The van der Waals surface area contributed by atoms with Gasteiger partial charge in [0.25, 0.3) is 5.91 Å². The molecule has 32 heavy (non-hydrogen) atoms. The third-order valence-electron chi connectivity index (χ3n) is 4.95. The number of benzene rings is 2. The van der Waals surface area contributed by atoms with Crippen LogP contribution in [0, 0.1) is 17.6 Å². The fraction of sp³-hybridized carbons (Fsp3) is 0.364. The zero-order chi connectivity index (χ0) is 23.1. The Kier molecular flexibility index (Phi) is 8.67. The number of amides is 1. The molecule has 0 radical (unpaired) electrons. The number of Topliss-reactive ketones (excluding diaryl/α,β-unsaturated/α-hetero) is 1. The number of carbonyl (C=O) groups excluding carboxylic acids is 2. The van der Waals surface area contributed by atoms with Gasteiger partial charge in [-0.25, -0.2) is 13.8 Å². The van der Waals surface area contributed by atoms with Crippen LogP contribution in [0.2, 0.25) is 10.0 Å². The van der Waals surface area contributed by atoms with Gasteiger partial charge in [-0.2, -0.15) is 0 Å². The van der Waals surface area contributed by atoms with Crippen LogP contribution in [0.15, 0.2) is 36.4 Å². The number of hydrogen-bond acceptors (Lipinski definition) is 5. The van der Waals surface area contributed by atoms with Gasteiger partial charge < -0.3 is 9.47 Å². The lowest BCUT2D eigenvalue weighted by Gasteiger charge is -2.17. The maximum absolute atomic E-state index is 13.4. The Morgan fingerprint density at radius 2 is 1.59 bits per heavy atom. The molecule has 10 heteroatoms. The van der Waals surface area contributed by atoms with Crippen LogP contribution in [-0.4, -0.2) is 43.0 Å². The maximum Gasteiger partial charge on any atom is 0.272 e. The Morgan fingerprint density at radius 3 is 2.19 bits per heavy atom. The molecule has 2 aromatic rings. The van der Waals surface area contributed by atoms with Crippen LogP contribution in [0.1, 0.15) is 19.3 Å². The van der Waals surface area contributed by atoms with Crippen LogP contribution in [-0.2, 0) is 9.59 Å². The van der Waals surface area contributed by atoms with Crippen LogP contribution < -0.4 is 14.9 Å². The quantitative estimate of drug-likeness (QED) is 0.537. The summed E-state index contributed by atoms with van der Waals surface area (Å²) in [6, 6.07) is 7.97. The lowest BCUT2D eigenvalue weighted by Crippen LogP contribution is -2.42. The van der Waals surface area contributed by atoms with Gasteiger partial charge in [0, 0.05) is 31.6 Å². The van der Waals surface area contributed by atoms with Gasteiger partial charge in [0.05, 0.1) is 10.0 Å². The Hall–Kier alpha value is -2.42. The Labute approximate surface area is 194 Å². The molecule has 3 rings (SSSR count). The molecule has 1 aliphatic heterocycles. The maximum atomic E-state index is 13.4. The van der Waals surface area contributed by atoms with Gasteiger partial charge in [-0.05, 0) is 43.0 Å². The van der Waals surface area contributed by atoms with Gasteiger partial charge in [0.2, 0.25) is 0 Å². The second-order valence-electron chi connectivity index (χ2n) is 7.44. The van der Waals surface area contributed by atoms with Crippen LogP contribution >= 0.6 is 23.2 Å². The summed E-state index contributed by atoms with van der Waals surface area (Å²) < 4.78 is 37.4. The molecule has 1 atom stereocenters. The second-order valence-corrected chi connectivity index (χ2v) is 8.26. The van der Waals surface area contributed by atoms with Crippen molar-refractivity contribution in [2.75, 3.05) is 26.3 Å². The number of halogens is 4. The standard InChI is InChI=1S/C22H22Cl2F2N2O4/c23-18-5-3-16(9-20(18)25)31-12-15(29)2-1-14-7-8-28(11-14)27-22(30)13-32-17-4-6-19(24)21(26)10-17/h3-6,9-10,14H,1-2,7-8,11-13H2,(H,27,30). The summed E-state index contributed by atoms with van der Waals surface area (Å²) in [6.45, 7) is 0.860. The van der Waals surface area contributed by atoms with E-state index in [1.165, 1.54) is 24.3 Å². The third-order valence-corrected chi connectivity index (χ3v) is 5.57. The molecule has 0 aliphatic carbocycles. The Balaban J connectivity index is 1.32. The fourth-order valence-corrected chi connectivity index (χ4v) is 3.50. The van der Waals surface area contributed by atoms with Crippen molar-refractivity contribution < 1.29 is 27.8 Å². The molecule has 0 saturated carbocycles. The Morgan fingerprint density at radius 1 is 1.00 bits per heavy atom. The molecule has 1 heterocycles. The van der Waals surface area contributed by atoms with Crippen molar-refractivity contribution in [3.05, 3.63) is 58.1 Å². The lowest BCUT2D eigenvalue weighted by molar-refractivity contribution is -0.127. The minimum Gasteiger partial charge on any atom is -0.486 e. The molecule has 1 unspecified atom stereocenters. The van der Waals surface area contributed by atoms with Gasteiger partial charge in [0.15, 0.2) is 12.4 Å². The summed E-state index contributed by atoms with van der Waals surface area (Å²) in [4.78, 5) is 24.1. The molecule has 1 amide bonds. The molecule has 1 fully saturated rings. The summed E-state index contributed by atoms with van der Waals surface area (Å²) in [6.07, 6.45) is 1.82. The number of ether oxygens (including phenoxy) is 2. The fourth-order valence-electron chi connectivity index (χ4n) is 3.26. The number of hydrazine groups is 1. The van der Waals surface area contributed by atoms with E-state index in [0.717, 1.165) is 18.6 Å². The predicted octanol–water partition coefficient (Wildman–Crippen LogP) is 4.43. The van der Waals surface area contributed by atoms with E-state index in [9.17, 15) is 18.4 Å². The summed E-state index contributed by atoms with van der Waals surface area (Å²) >= 11 is 11.2. The van der Waals surface area contributed by atoms with Crippen LogP contribution in [0.5, 0.6) is 11.5 Å². The minimum atomic E-state index is -0.618. The van der Waals surface area contributed by atoms with Crippen LogP contribution in [0.4, 0.5) is 8.78 Å². The molecule has 1 saturated heterocycles. The third kappa shape index (κ3) is 7.32. The zero-order valence-electron chi connectivity index (χ0n) is 17.1. The van der Waals surface area contributed by atoms with Crippen molar-refractivity contribution in [3.63, 3.8) is 0 Å². The first kappa shape index (κ1) is 24.2. The predicted molar refractivity (Wildman–Crippen MR) is 116 cm³/mol. The van der Waals surface area contributed by atoms with Crippen molar-refractivity contribution in [2.45, 2.75) is 19.3 Å². The molecular weight excluding hydrogens is 465 g/mol. The van der Waals surface area contributed by atoms with Crippen LogP contribution in [0.25, 0.3) is 0 Å². The summed E-state index contributed by atoms with van der Waals surface area (Å²) in [5.41, 5.74) is 2.74. The molecule has 0 spiro atoms. The van der Waals surface area contributed by atoms with E-state index >= 15 is 0 Å². The highest BCUT2D eigenvalue weighted by atomic mass is 35.5. The average Bonchev–Trinajstić information content (AvgIpc) is 3.21. The highest BCUT2D eigenvalue weighted by molar-refractivity contribution is 6.31. The minimum absolute atomic E-state index is 0.00741. The van der Waals surface area contributed by atoms with Gasteiger partial charge in [0.1, 0.15) is 29.7 Å². The molecule has 172 valence electrons. The van der Waals surface area contributed by atoms with E-state index in [0.29, 0.717) is 25.9 Å². The average molecular weight is 487 g/mol. The smallest absolute Gasteiger partial charge is 0.272 e. The van der Waals surface area contributed by atoms with Crippen molar-refractivity contribution in [2.24, 2.45) is 5.92 Å². The summed E-state index contributed by atoms with van der Waals surface area (Å²) in [7, 11) is 0. The van der Waals surface area contributed by atoms with Crippen molar-refractivity contribution >= 4 is 34.9 Å². The van der Waals surface area contributed by atoms with Crippen LogP contribution in [0.3, 0.4) is 0 Å². The monoisotopic (exact) mass is 486 g/mol. The molecule has 2 aromatic carbocycles. The Bertz CT molecular complexity index is 977. The molecule has 0 aromatic heterocycles. The largest absolute Gasteiger partial charge is 0.486 e. The molecule has 1 N–H and O–H groups in total. The number of nitrogens with zero attached hydrogens (tertiary/aromatic N) is 1. The highest BCUT2D eigenvalue weighted by Gasteiger charge is 2.24. The molecule has 6 nitrogen and oxygen atoms in total. The zero-order valence-corrected chi connectivity index (χ0v) is 18.6. The highest BCUT2D eigenvalue weighted by Crippen LogP contribution is 2.22. The van der Waals surface area contributed by atoms with E-state index in [-0.39, 0.29) is 52.4 Å². The molecule has 0 bridgehead atoms. The van der Waals surface area contributed by atoms with E-state index in [4.69, 9.17) is 32.7 Å². The molecule has 1 aliphatic rings. The number of carbonyl (C=O) groups is 2. The van der Waals surface area contributed by atoms with Gasteiger partial charge in [-0.1, -0.05) is 23.2 Å². The number of ketones is 1. The summed E-state index contributed by atoms with van der Waals surface area (Å²) in [5, 5.41) is 1.75. The number of hydrogen-bond donors (Lipinski definition) is 1. The number of nitrogens with one attached hydrogen (secondary N) is 1. The number of rotatable bonds is 10. The van der Waals surface area contributed by atoms with Crippen molar-refractivity contribution in [3.8, 4) is 11.5 Å². The van der Waals surface area contributed by atoms with Gasteiger partial charge >= 0.3 is 0 Å². The van der Waals surface area contributed by atoms with Crippen molar-refractivity contribution in [1.29, 1.82) is 0 Å². The first-order valence-electron chi connectivity index (χ1n) is 10.0. The van der Waals surface area contributed by atoms with E-state index in [1.807, 2.05) is 0 Å². The second kappa shape index (κ2) is 11.4. The molecular formula is C22H22Cl2F2N2O4. The topological polar surface area (TPSA) is 67.9 Å². The van der Waals surface area contributed by atoms with Gasteiger partial charge in [-0.15, -0.1) is 0 Å². The van der Waals surface area contributed by atoms with E-state index in [1.54, 1.807) is 5.01 Å². The lowest BCUT2D eigenvalue weighted by atomic mass is 10.0. The van der Waals surface area contributed by atoms with E-state index in [2.05, 4.69) is 5.43 Å². The normalized spacial score (nSPS) is 16.1.